The van der Waals surface area contributed by atoms with Crippen LogP contribution >= 0.6 is 0 Å². The second kappa shape index (κ2) is 7.38. The summed E-state index contributed by atoms with van der Waals surface area (Å²) in [5, 5.41) is 0.890. The van der Waals surface area contributed by atoms with Crippen molar-refractivity contribution >= 4 is 16.7 Å². The van der Waals surface area contributed by atoms with Crippen LogP contribution in [0.2, 0.25) is 0 Å². The standard InChI is InChI=1S/C20H21FN6O/c21-16-12-22-4-1-13(16)15-11-18(27-7-9-28-10-8-27)25-19-14(15)2-5-23-20(19)17-3-6-24-26-17/h1-2,4-5,11-12,17,24,26H,3,6-10H2. The monoisotopic (exact) mass is 380 g/mol. The van der Waals surface area contributed by atoms with Gasteiger partial charge in [-0.15, -0.1) is 0 Å². The Bertz CT molecular complexity index is 1000. The van der Waals surface area contributed by atoms with E-state index >= 15 is 0 Å². The summed E-state index contributed by atoms with van der Waals surface area (Å²) in [6, 6.07) is 5.66. The Morgan fingerprint density at radius 2 is 2.04 bits per heavy atom. The zero-order valence-electron chi connectivity index (χ0n) is 15.4. The first kappa shape index (κ1) is 17.4. The lowest BCUT2D eigenvalue weighted by Gasteiger charge is -2.29. The van der Waals surface area contributed by atoms with Crippen LogP contribution in [0.15, 0.2) is 36.8 Å². The number of morpholine rings is 1. The fourth-order valence-corrected chi connectivity index (χ4v) is 3.87. The Morgan fingerprint density at radius 1 is 1.14 bits per heavy atom. The molecule has 0 spiro atoms. The number of anilines is 1. The molecule has 0 radical (unpaired) electrons. The summed E-state index contributed by atoms with van der Waals surface area (Å²) in [7, 11) is 0. The van der Waals surface area contributed by atoms with Crippen LogP contribution in [0.5, 0.6) is 0 Å². The van der Waals surface area contributed by atoms with Gasteiger partial charge in [-0.05, 0) is 30.2 Å². The number of fused-ring (bicyclic) bond motifs is 1. The van der Waals surface area contributed by atoms with E-state index in [0.717, 1.165) is 54.0 Å². The maximum absolute atomic E-state index is 14.6. The van der Waals surface area contributed by atoms with Crippen LogP contribution in [-0.2, 0) is 4.74 Å². The minimum Gasteiger partial charge on any atom is -0.378 e. The second-order valence-electron chi connectivity index (χ2n) is 6.99. The van der Waals surface area contributed by atoms with Crippen molar-refractivity contribution in [3.63, 3.8) is 0 Å². The van der Waals surface area contributed by atoms with Gasteiger partial charge < -0.3 is 9.64 Å². The van der Waals surface area contributed by atoms with Crippen molar-refractivity contribution < 1.29 is 9.13 Å². The number of nitrogens with one attached hydrogen (secondary N) is 2. The number of aromatic nitrogens is 3. The molecule has 3 aromatic heterocycles. The Kier molecular flexibility index (Phi) is 4.59. The molecule has 0 aliphatic carbocycles. The Morgan fingerprint density at radius 3 is 2.82 bits per heavy atom. The average Bonchev–Trinajstić information content (AvgIpc) is 3.28. The summed E-state index contributed by atoms with van der Waals surface area (Å²) in [6.45, 7) is 3.71. The molecule has 5 rings (SSSR count). The highest BCUT2D eigenvalue weighted by Crippen LogP contribution is 2.35. The quantitative estimate of drug-likeness (QED) is 0.722. The molecule has 2 saturated heterocycles. The molecule has 1 unspecified atom stereocenters. The molecule has 0 amide bonds. The van der Waals surface area contributed by atoms with Gasteiger partial charge >= 0.3 is 0 Å². The summed E-state index contributed by atoms with van der Waals surface area (Å²) in [6.07, 6.45) is 5.56. The molecule has 28 heavy (non-hydrogen) atoms. The lowest BCUT2D eigenvalue weighted by molar-refractivity contribution is 0.122. The van der Waals surface area contributed by atoms with Crippen LogP contribution < -0.4 is 15.8 Å². The summed E-state index contributed by atoms with van der Waals surface area (Å²) in [4.78, 5) is 15.7. The van der Waals surface area contributed by atoms with E-state index in [4.69, 9.17) is 9.72 Å². The van der Waals surface area contributed by atoms with Crippen LogP contribution in [0.1, 0.15) is 18.2 Å². The number of ether oxygens (including phenoxy) is 1. The highest BCUT2D eigenvalue weighted by atomic mass is 19.1. The lowest BCUT2D eigenvalue weighted by Crippen LogP contribution is -2.36. The van der Waals surface area contributed by atoms with Gasteiger partial charge in [0.1, 0.15) is 11.6 Å². The van der Waals surface area contributed by atoms with Gasteiger partial charge in [0, 0.05) is 43.0 Å². The van der Waals surface area contributed by atoms with Crippen LogP contribution in [0, 0.1) is 5.82 Å². The van der Waals surface area contributed by atoms with Gasteiger partial charge in [0.05, 0.1) is 36.7 Å². The smallest absolute Gasteiger partial charge is 0.149 e. The molecule has 144 valence electrons. The van der Waals surface area contributed by atoms with Gasteiger partial charge in [0.2, 0.25) is 0 Å². The molecule has 0 aromatic carbocycles. The molecule has 2 aliphatic rings. The number of hydrazine groups is 1. The third-order valence-electron chi connectivity index (χ3n) is 5.30. The second-order valence-corrected chi connectivity index (χ2v) is 6.99. The van der Waals surface area contributed by atoms with Gasteiger partial charge in [0.25, 0.3) is 0 Å². The van der Waals surface area contributed by atoms with Crippen molar-refractivity contribution in [1.29, 1.82) is 0 Å². The predicted molar refractivity (Wildman–Crippen MR) is 104 cm³/mol. The zero-order chi connectivity index (χ0) is 18.9. The zero-order valence-corrected chi connectivity index (χ0v) is 15.4. The predicted octanol–water partition coefficient (Wildman–Crippen LogP) is 2.21. The van der Waals surface area contributed by atoms with Crippen molar-refractivity contribution in [3.05, 3.63) is 48.3 Å². The number of hydrogen-bond donors (Lipinski definition) is 2. The molecule has 7 nitrogen and oxygen atoms in total. The topological polar surface area (TPSA) is 75.2 Å². The molecule has 8 heteroatoms. The molecule has 5 heterocycles. The van der Waals surface area contributed by atoms with Crippen molar-refractivity contribution in [2.45, 2.75) is 12.5 Å². The Balaban J connectivity index is 1.74. The number of pyridine rings is 3. The van der Waals surface area contributed by atoms with E-state index < -0.39 is 0 Å². The van der Waals surface area contributed by atoms with Gasteiger partial charge in [-0.1, -0.05) is 0 Å². The van der Waals surface area contributed by atoms with Crippen molar-refractivity contribution in [3.8, 4) is 11.1 Å². The van der Waals surface area contributed by atoms with Crippen LogP contribution in [0.25, 0.3) is 22.0 Å². The third-order valence-corrected chi connectivity index (χ3v) is 5.30. The molecular weight excluding hydrogens is 359 g/mol. The molecule has 2 fully saturated rings. The highest BCUT2D eigenvalue weighted by molar-refractivity contribution is 5.97. The number of nitrogens with zero attached hydrogens (tertiary/aromatic N) is 4. The fourth-order valence-electron chi connectivity index (χ4n) is 3.87. The molecule has 0 saturated carbocycles. The van der Waals surface area contributed by atoms with E-state index in [2.05, 4.69) is 25.7 Å². The van der Waals surface area contributed by atoms with E-state index in [1.807, 2.05) is 12.1 Å². The van der Waals surface area contributed by atoms with Gasteiger partial charge in [-0.3, -0.25) is 15.4 Å². The third kappa shape index (κ3) is 3.09. The van der Waals surface area contributed by atoms with Crippen LogP contribution in [-0.4, -0.2) is 47.8 Å². The minimum atomic E-state index is -0.345. The molecule has 2 N–H and O–H groups in total. The largest absolute Gasteiger partial charge is 0.378 e. The van der Waals surface area contributed by atoms with E-state index in [1.165, 1.54) is 6.20 Å². The summed E-state index contributed by atoms with van der Waals surface area (Å²) < 4.78 is 20.1. The first-order chi connectivity index (χ1) is 13.8. The number of rotatable bonds is 3. The van der Waals surface area contributed by atoms with Crippen molar-refractivity contribution in [2.24, 2.45) is 0 Å². The SMILES string of the molecule is Fc1cnccc1-c1cc(N2CCOCC2)nc2c(C3CCNN3)nccc12. The molecule has 3 aromatic rings. The molecule has 2 aliphatic heterocycles. The van der Waals surface area contributed by atoms with Gasteiger partial charge in [-0.2, -0.15) is 0 Å². The van der Waals surface area contributed by atoms with E-state index in [9.17, 15) is 4.39 Å². The molecule has 1 atom stereocenters. The maximum atomic E-state index is 14.6. The van der Waals surface area contributed by atoms with Crippen LogP contribution in [0.4, 0.5) is 10.2 Å². The van der Waals surface area contributed by atoms with Crippen molar-refractivity contribution in [2.75, 3.05) is 37.7 Å². The summed E-state index contributed by atoms with van der Waals surface area (Å²) >= 11 is 0. The molecule has 0 bridgehead atoms. The average molecular weight is 380 g/mol. The summed E-state index contributed by atoms with van der Waals surface area (Å²) in [5.74, 6) is 0.476. The van der Waals surface area contributed by atoms with Crippen molar-refractivity contribution in [1.82, 2.24) is 25.8 Å². The summed E-state index contributed by atoms with van der Waals surface area (Å²) in [5.41, 5.74) is 9.43. The number of halogens is 1. The maximum Gasteiger partial charge on any atom is 0.149 e. The van der Waals surface area contributed by atoms with E-state index in [1.54, 1.807) is 18.5 Å². The van der Waals surface area contributed by atoms with E-state index in [-0.39, 0.29) is 11.9 Å². The number of hydrogen-bond acceptors (Lipinski definition) is 7. The molecular formula is C20H21FN6O. The Hall–Kier alpha value is -2.68. The highest BCUT2D eigenvalue weighted by Gasteiger charge is 2.24. The van der Waals surface area contributed by atoms with Gasteiger partial charge in [0.15, 0.2) is 0 Å². The Labute approximate surface area is 161 Å². The first-order valence-electron chi connectivity index (χ1n) is 9.52. The fraction of sp³-hybridized carbons (Fsp3) is 0.350. The minimum absolute atomic E-state index is 0.0753. The lowest BCUT2D eigenvalue weighted by atomic mass is 9.99. The van der Waals surface area contributed by atoms with E-state index in [0.29, 0.717) is 18.8 Å². The first-order valence-corrected chi connectivity index (χ1v) is 9.52. The normalized spacial score (nSPS) is 20.0. The van der Waals surface area contributed by atoms with Crippen LogP contribution in [0.3, 0.4) is 0 Å². The van der Waals surface area contributed by atoms with Gasteiger partial charge in [-0.25, -0.2) is 14.8 Å².